The van der Waals surface area contributed by atoms with Crippen molar-refractivity contribution in [3.05, 3.63) is 31.6 Å². The summed E-state index contributed by atoms with van der Waals surface area (Å²) in [7, 11) is 1.44. The lowest BCUT2D eigenvalue weighted by atomic mass is 10.2. The van der Waals surface area contributed by atoms with Crippen LogP contribution in [-0.4, -0.2) is 36.4 Å². The summed E-state index contributed by atoms with van der Waals surface area (Å²) in [5.74, 6) is -0.558. The van der Waals surface area contributed by atoms with Crippen LogP contribution in [0.25, 0.3) is 0 Å². The predicted molar refractivity (Wildman–Crippen MR) is 72.1 cm³/mol. The SMILES string of the molecule is COCC(CO)Nc1cc(F)c(I)cc1[N+](=O)[O-]. The zero-order valence-corrected chi connectivity index (χ0v) is 11.7. The predicted octanol–water partition coefficient (Wildman–Crippen LogP) is 1.76. The maximum Gasteiger partial charge on any atom is 0.293 e. The molecule has 0 fully saturated rings. The summed E-state index contributed by atoms with van der Waals surface area (Å²) in [5, 5.41) is 22.6. The van der Waals surface area contributed by atoms with Crippen molar-refractivity contribution in [3.8, 4) is 0 Å². The molecule has 0 bridgehead atoms. The number of hydrogen-bond donors (Lipinski definition) is 2. The third-order valence-electron chi connectivity index (χ3n) is 2.18. The zero-order chi connectivity index (χ0) is 13.7. The molecule has 0 spiro atoms. The highest BCUT2D eigenvalue weighted by atomic mass is 127. The van der Waals surface area contributed by atoms with Gasteiger partial charge in [0.25, 0.3) is 5.69 Å². The van der Waals surface area contributed by atoms with Gasteiger partial charge >= 0.3 is 0 Å². The summed E-state index contributed by atoms with van der Waals surface area (Å²) in [6, 6.07) is 1.64. The topological polar surface area (TPSA) is 84.6 Å². The number of hydrogen-bond acceptors (Lipinski definition) is 5. The van der Waals surface area contributed by atoms with Crippen molar-refractivity contribution in [2.45, 2.75) is 6.04 Å². The molecule has 100 valence electrons. The van der Waals surface area contributed by atoms with Crippen molar-refractivity contribution < 1.29 is 19.2 Å². The van der Waals surface area contributed by atoms with Crippen LogP contribution in [0.5, 0.6) is 0 Å². The lowest BCUT2D eigenvalue weighted by molar-refractivity contribution is -0.384. The number of aliphatic hydroxyl groups is 1. The molecule has 0 radical (unpaired) electrons. The number of ether oxygens (including phenoxy) is 1. The van der Waals surface area contributed by atoms with Crippen molar-refractivity contribution in [3.63, 3.8) is 0 Å². The monoisotopic (exact) mass is 370 g/mol. The molecule has 1 aromatic carbocycles. The third kappa shape index (κ3) is 3.75. The molecule has 2 N–H and O–H groups in total. The summed E-state index contributed by atoms with van der Waals surface area (Å²) in [6.07, 6.45) is 0. The van der Waals surface area contributed by atoms with Crippen LogP contribution in [0.4, 0.5) is 15.8 Å². The van der Waals surface area contributed by atoms with E-state index in [4.69, 9.17) is 9.84 Å². The highest BCUT2D eigenvalue weighted by Gasteiger charge is 2.19. The molecule has 0 saturated carbocycles. The van der Waals surface area contributed by atoms with Gasteiger partial charge in [0.05, 0.1) is 27.7 Å². The molecule has 1 unspecified atom stereocenters. The Morgan fingerprint density at radius 2 is 2.33 bits per heavy atom. The van der Waals surface area contributed by atoms with Crippen LogP contribution in [0.3, 0.4) is 0 Å². The van der Waals surface area contributed by atoms with E-state index in [0.717, 1.165) is 12.1 Å². The largest absolute Gasteiger partial charge is 0.394 e. The fraction of sp³-hybridized carbons (Fsp3) is 0.400. The molecular weight excluding hydrogens is 358 g/mol. The fourth-order valence-electron chi connectivity index (χ4n) is 1.36. The number of rotatable bonds is 6. The molecule has 1 atom stereocenters. The van der Waals surface area contributed by atoms with Gasteiger partial charge in [-0.2, -0.15) is 0 Å². The molecule has 0 aliphatic heterocycles. The first-order valence-electron chi connectivity index (χ1n) is 4.99. The van der Waals surface area contributed by atoms with Crippen molar-refractivity contribution >= 4 is 34.0 Å². The Morgan fingerprint density at radius 1 is 1.67 bits per heavy atom. The number of anilines is 1. The number of nitrogens with zero attached hydrogens (tertiary/aromatic N) is 1. The highest BCUT2D eigenvalue weighted by Crippen LogP contribution is 2.29. The van der Waals surface area contributed by atoms with Crippen molar-refractivity contribution in [1.82, 2.24) is 0 Å². The summed E-state index contributed by atoms with van der Waals surface area (Å²) < 4.78 is 18.4. The molecule has 1 aromatic rings. The van der Waals surface area contributed by atoms with E-state index in [0.29, 0.717) is 0 Å². The Morgan fingerprint density at radius 3 is 2.83 bits per heavy atom. The van der Waals surface area contributed by atoms with Crippen LogP contribution in [0.1, 0.15) is 0 Å². The van der Waals surface area contributed by atoms with E-state index in [-0.39, 0.29) is 28.2 Å². The van der Waals surface area contributed by atoms with Crippen molar-refractivity contribution in [2.75, 3.05) is 25.6 Å². The average Bonchev–Trinajstić information content (AvgIpc) is 2.32. The van der Waals surface area contributed by atoms with Gasteiger partial charge in [-0.15, -0.1) is 0 Å². The van der Waals surface area contributed by atoms with Crippen LogP contribution in [0.2, 0.25) is 0 Å². The Hall–Kier alpha value is -1.00. The van der Waals surface area contributed by atoms with Gasteiger partial charge in [0.15, 0.2) is 0 Å². The zero-order valence-electron chi connectivity index (χ0n) is 9.52. The van der Waals surface area contributed by atoms with Gasteiger partial charge in [0.1, 0.15) is 11.5 Å². The molecule has 0 heterocycles. The molecule has 0 saturated heterocycles. The van der Waals surface area contributed by atoms with Crippen LogP contribution >= 0.6 is 22.6 Å². The van der Waals surface area contributed by atoms with E-state index in [1.807, 2.05) is 0 Å². The number of halogens is 2. The summed E-state index contributed by atoms with van der Waals surface area (Å²) in [4.78, 5) is 10.3. The first-order chi connectivity index (χ1) is 8.49. The minimum Gasteiger partial charge on any atom is -0.394 e. The van der Waals surface area contributed by atoms with Crippen LogP contribution < -0.4 is 5.32 Å². The summed E-state index contributed by atoms with van der Waals surface area (Å²) in [5.41, 5.74) is -0.218. The van der Waals surface area contributed by atoms with Crippen LogP contribution in [0.15, 0.2) is 12.1 Å². The molecule has 0 amide bonds. The second-order valence-electron chi connectivity index (χ2n) is 3.52. The number of aliphatic hydroxyl groups excluding tert-OH is 1. The minimum absolute atomic E-state index is 0.0222. The lowest BCUT2D eigenvalue weighted by Crippen LogP contribution is -2.29. The fourth-order valence-corrected chi connectivity index (χ4v) is 1.81. The molecule has 0 aliphatic rings. The maximum atomic E-state index is 13.4. The van der Waals surface area contributed by atoms with Crippen molar-refractivity contribution in [1.29, 1.82) is 0 Å². The molecule has 18 heavy (non-hydrogen) atoms. The molecule has 6 nitrogen and oxygen atoms in total. The molecule has 0 aromatic heterocycles. The number of methoxy groups -OCH3 is 1. The van der Waals surface area contributed by atoms with Crippen molar-refractivity contribution in [2.24, 2.45) is 0 Å². The van der Waals surface area contributed by atoms with E-state index in [1.54, 1.807) is 22.6 Å². The Kier molecular flexibility index (Phi) is 5.69. The van der Waals surface area contributed by atoms with E-state index in [9.17, 15) is 14.5 Å². The van der Waals surface area contributed by atoms with Crippen LogP contribution in [0, 0.1) is 19.5 Å². The molecule has 1 rings (SSSR count). The maximum absolute atomic E-state index is 13.4. The first kappa shape index (κ1) is 15.1. The quantitative estimate of drug-likeness (QED) is 0.453. The van der Waals surface area contributed by atoms with Gasteiger partial charge in [-0.05, 0) is 22.6 Å². The van der Waals surface area contributed by atoms with Gasteiger partial charge in [-0.1, -0.05) is 0 Å². The minimum atomic E-state index is -0.606. The third-order valence-corrected chi connectivity index (χ3v) is 3.01. The lowest BCUT2D eigenvalue weighted by Gasteiger charge is -2.16. The number of nitro benzene ring substituents is 1. The normalized spacial score (nSPS) is 12.2. The molecule has 8 heteroatoms. The van der Waals surface area contributed by atoms with E-state index < -0.39 is 16.8 Å². The standard InChI is InChI=1S/C10H12FIN2O4/c1-18-5-6(4-15)13-9-2-7(11)8(12)3-10(9)14(16)17/h2-3,6,13,15H,4-5H2,1H3. The Labute approximate surface area is 116 Å². The molecule has 0 aliphatic carbocycles. The first-order valence-corrected chi connectivity index (χ1v) is 6.07. The second-order valence-corrected chi connectivity index (χ2v) is 4.68. The van der Waals surface area contributed by atoms with E-state index in [2.05, 4.69) is 5.32 Å². The van der Waals surface area contributed by atoms with E-state index >= 15 is 0 Å². The van der Waals surface area contributed by atoms with Gasteiger partial charge < -0.3 is 15.2 Å². The summed E-state index contributed by atoms with van der Waals surface area (Å²) in [6.45, 7) is -0.125. The smallest absolute Gasteiger partial charge is 0.293 e. The number of benzene rings is 1. The highest BCUT2D eigenvalue weighted by molar-refractivity contribution is 14.1. The van der Waals surface area contributed by atoms with Gasteiger partial charge in [0.2, 0.25) is 0 Å². The van der Waals surface area contributed by atoms with E-state index in [1.165, 1.54) is 7.11 Å². The summed E-state index contributed by atoms with van der Waals surface area (Å²) >= 11 is 1.68. The van der Waals surface area contributed by atoms with Crippen LogP contribution in [-0.2, 0) is 4.74 Å². The Balaban J connectivity index is 3.06. The van der Waals surface area contributed by atoms with Gasteiger partial charge in [0, 0.05) is 19.2 Å². The second kappa shape index (κ2) is 6.81. The van der Waals surface area contributed by atoms with Gasteiger partial charge in [-0.25, -0.2) is 4.39 Å². The Bertz CT molecular complexity index is 444. The average molecular weight is 370 g/mol. The number of nitrogens with one attached hydrogen (secondary N) is 1. The van der Waals surface area contributed by atoms with Gasteiger partial charge in [-0.3, -0.25) is 10.1 Å². The number of nitro groups is 1. The molecular formula is C10H12FIN2O4.